The van der Waals surface area contributed by atoms with E-state index in [0.29, 0.717) is 0 Å². The van der Waals surface area contributed by atoms with Crippen LogP contribution in [0, 0.1) is 0 Å². The second-order valence-corrected chi connectivity index (χ2v) is 14.8. The Morgan fingerprint density at radius 2 is 0.643 bits per heavy atom. The van der Waals surface area contributed by atoms with Gasteiger partial charge in [0.2, 0.25) is 0 Å². The largest absolute Gasteiger partial charge is 0.0622 e. The second-order valence-electron chi connectivity index (χ2n) is 14.8. The predicted molar refractivity (Wildman–Crippen MR) is 241 cm³/mol. The van der Waals surface area contributed by atoms with Crippen LogP contribution in [0.2, 0.25) is 0 Å². The summed E-state index contributed by atoms with van der Waals surface area (Å²) in [5, 5.41) is 12.7. The summed E-state index contributed by atoms with van der Waals surface area (Å²) in [5.41, 5.74) is 12.4. The molecule has 0 heteroatoms. The number of benzene rings is 11. The standard InChI is InChI=1S/C56H36/c1-2-14-39(15-3-1)54-36-46-35-43(31-32-47(46)48-19-6-7-20-49(48)54)38-25-28-40(29-26-38)55-50-21-8-10-23-52(50)56(53-24-11-9-22-51(53)55)45-18-12-17-42(34-45)44-30-27-37-13-4-5-16-41(37)33-44/h1-36H. The Balaban J connectivity index is 1.03. The molecule has 0 unspecified atom stereocenters. The Morgan fingerprint density at radius 3 is 1.36 bits per heavy atom. The number of hydrogen-bond donors (Lipinski definition) is 0. The minimum Gasteiger partial charge on any atom is -0.0622 e. The molecule has 0 bridgehead atoms. The molecule has 260 valence electrons. The average molecular weight is 709 g/mol. The third-order valence-electron chi connectivity index (χ3n) is 11.6. The summed E-state index contributed by atoms with van der Waals surface area (Å²) in [7, 11) is 0. The Bertz CT molecular complexity index is 3220. The first kappa shape index (κ1) is 32.2. The molecular weight excluding hydrogens is 673 g/mol. The van der Waals surface area contributed by atoms with Crippen LogP contribution in [0.1, 0.15) is 0 Å². The van der Waals surface area contributed by atoms with Crippen LogP contribution in [0.5, 0.6) is 0 Å². The van der Waals surface area contributed by atoms with E-state index in [-0.39, 0.29) is 0 Å². The minimum atomic E-state index is 1.21. The molecule has 0 fully saturated rings. The molecule has 0 aromatic heterocycles. The molecule has 0 atom stereocenters. The lowest BCUT2D eigenvalue weighted by Crippen LogP contribution is -1.91. The molecule has 11 aromatic rings. The molecule has 11 rings (SSSR count). The lowest BCUT2D eigenvalue weighted by molar-refractivity contribution is 1.62. The predicted octanol–water partition coefficient (Wildman–Crippen LogP) is 15.8. The maximum Gasteiger partial charge on any atom is -0.00262 e. The zero-order valence-electron chi connectivity index (χ0n) is 30.8. The lowest BCUT2D eigenvalue weighted by Gasteiger charge is -2.18. The maximum absolute atomic E-state index is 2.36. The van der Waals surface area contributed by atoms with Crippen molar-refractivity contribution in [3.8, 4) is 55.6 Å². The molecule has 0 aliphatic heterocycles. The van der Waals surface area contributed by atoms with Crippen molar-refractivity contribution >= 4 is 53.9 Å². The third kappa shape index (κ3) is 5.38. The topological polar surface area (TPSA) is 0 Å². The maximum atomic E-state index is 2.36. The van der Waals surface area contributed by atoms with E-state index in [1.165, 1.54) is 109 Å². The Morgan fingerprint density at radius 1 is 0.179 bits per heavy atom. The quantitative estimate of drug-likeness (QED) is 0.123. The van der Waals surface area contributed by atoms with Crippen molar-refractivity contribution in [3.63, 3.8) is 0 Å². The molecule has 56 heavy (non-hydrogen) atoms. The molecule has 0 spiro atoms. The second kappa shape index (κ2) is 13.2. The van der Waals surface area contributed by atoms with Gasteiger partial charge in [-0.3, -0.25) is 0 Å². The first-order chi connectivity index (χ1) is 27.8. The van der Waals surface area contributed by atoms with Gasteiger partial charge in [-0.25, -0.2) is 0 Å². The van der Waals surface area contributed by atoms with E-state index in [1.54, 1.807) is 0 Å². The normalized spacial score (nSPS) is 11.6. The van der Waals surface area contributed by atoms with Crippen molar-refractivity contribution in [2.75, 3.05) is 0 Å². The molecular formula is C56H36. The van der Waals surface area contributed by atoms with Crippen molar-refractivity contribution in [3.05, 3.63) is 218 Å². The zero-order valence-corrected chi connectivity index (χ0v) is 30.8. The van der Waals surface area contributed by atoms with E-state index in [0.717, 1.165) is 0 Å². The fraction of sp³-hybridized carbons (Fsp3) is 0. The summed E-state index contributed by atoms with van der Waals surface area (Å²) in [6, 6.07) is 80.3. The molecule has 0 saturated carbocycles. The van der Waals surface area contributed by atoms with Crippen molar-refractivity contribution in [2.45, 2.75) is 0 Å². The van der Waals surface area contributed by atoms with Crippen LogP contribution >= 0.6 is 0 Å². The molecule has 0 saturated heterocycles. The number of rotatable bonds is 5. The minimum absolute atomic E-state index is 1.21. The van der Waals surface area contributed by atoms with Crippen LogP contribution in [0.25, 0.3) is 109 Å². The van der Waals surface area contributed by atoms with Crippen molar-refractivity contribution in [1.82, 2.24) is 0 Å². The molecule has 0 nitrogen and oxygen atoms in total. The summed E-state index contributed by atoms with van der Waals surface area (Å²) in [6.07, 6.45) is 0. The van der Waals surface area contributed by atoms with Crippen LogP contribution in [0.15, 0.2) is 218 Å². The van der Waals surface area contributed by atoms with Gasteiger partial charge in [-0.2, -0.15) is 0 Å². The van der Waals surface area contributed by atoms with Gasteiger partial charge in [-0.1, -0.05) is 194 Å². The van der Waals surface area contributed by atoms with Gasteiger partial charge < -0.3 is 0 Å². The fourth-order valence-electron chi connectivity index (χ4n) is 8.95. The molecule has 0 radical (unpaired) electrons. The SMILES string of the molecule is c1ccc(-c2cc3cc(-c4ccc(-c5c6ccccc6c(-c6cccc(-c7ccc8ccccc8c7)c6)c6ccccc56)cc4)ccc3c3ccccc23)cc1. The van der Waals surface area contributed by atoms with Gasteiger partial charge in [0.1, 0.15) is 0 Å². The zero-order chi connectivity index (χ0) is 37.0. The lowest BCUT2D eigenvalue weighted by atomic mass is 9.85. The van der Waals surface area contributed by atoms with E-state index in [1.807, 2.05) is 0 Å². The van der Waals surface area contributed by atoms with Gasteiger partial charge in [-0.15, -0.1) is 0 Å². The van der Waals surface area contributed by atoms with E-state index in [4.69, 9.17) is 0 Å². The highest BCUT2D eigenvalue weighted by Gasteiger charge is 2.17. The van der Waals surface area contributed by atoms with E-state index >= 15 is 0 Å². The summed E-state index contributed by atoms with van der Waals surface area (Å²) in [5.74, 6) is 0. The van der Waals surface area contributed by atoms with Gasteiger partial charge in [0.15, 0.2) is 0 Å². The number of fused-ring (bicyclic) bond motifs is 6. The smallest absolute Gasteiger partial charge is 0.00262 e. The highest BCUT2D eigenvalue weighted by molar-refractivity contribution is 6.21. The van der Waals surface area contributed by atoms with Crippen molar-refractivity contribution < 1.29 is 0 Å². The highest BCUT2D eigenvalue weighted by atomic mass is 14.2. The Labute approximate surface area is 326 Å². The van der Waals surface area contributed by atoms with Crippen LogP contribution in [-0.2, 0) is 0 Å². The van der Waals surface area contributed by atoms with E-state index < -0.39 is 0 Å². The van der Waals surface area contributed by atoms with Gasteiger partial charge >= 0.3 is 0 Å². The molecule has 0 N–H and O–H groups in total. The van der Waals surface area contributed by atoms with E-state index in [2.05, 4.69) is 218 Å². The van der Waals surface area contributed by atoms with E-state index in [9.17, 15) is 0 Å². The summed E-state index contributed by atoms with van der Waals surface area (Å²) in [6.45, 7) is 0. The Kier molecular flexibility index (Phi) is 7.60. The van der Waals surface area contributed by atoms with Crippen LogP contribution < -0.4 is 0 Å². The van der Waals surface area contributed by atoms with Gasteiger partial charge in [-0.05, 0) is 134 Å². The van der Waals surface area contributed by atoms with Crippen molar-refractivity contribution in [2.24, 2.45) is 0 Å². The molecule has 0 heterocycles. The monoisotopic (exact) mass is 708 g/mol. The Hall–Kier alpha value is -7.28. The third-order valence-corrected chi connectivity index (χ3v) is 11.6. The summed E-state index contributed by atoms with van der Waals surface area (Å²) >= 11 is 0. The van der Waals surface area contributed by atoms with Crippen LogP contribution in [0.3, 0.4) is 0 Å². The van der Waals surface area contributed by atoms with Gasteiger partial charge in [0, 0.05) is 0 Å². The van der Waals surface area contributed by atoms with Crippen molar-refractivity contribution in [1.29, 1.82) is 0 Å². The van der Waals surface area contributed by atoms with Gasteiger partial charge in [0.25, 0.3) is 0 Å². The average Bonchev–Trinajstić information content (AvgIpc) is 3.28. The number of hydrogen-bond acceptors (Lipinski definition) is 0. The molecule has 11 aromatic carbocycles. The first-order valence-electron chi connectivity index (χ1n) is 19.4. The highest BCUT2D eigenvalue weighted by Crippen LogP contribution is 2.45. The summed E-state index contributed by atoms with van der Waals surface area (Å²) in [4.78, 5) is 0. The first-order valence-corrected chi connectivity index (χ1v) is 19.4. The van der Waals surface area contributed by atoms with Crippen LogP contribution in [0.4, 0.5) is 0 Å². The fourth-order valence-corrected chi connectivity index (χ4v) is 8.95. The molecule has 0 amide bonds. The van der Waals surface area contributed by atoms with Crippen LogP contribution in [-0.4, -0.2) is 0 Å². The summed E-state index contributed by atoms with van der Waals surface area (Å²) < 4.78 is 0. The molecule has 0 aliphatic carbocycles. The molecule has 0 aliphatic rings. The van der Waals surface area contributed by atoms with Gasteiger partial charge in [0.05, 0.1) is 0 Å².